The molecule has 3 aromatic rings. The van der Waals surface area contributed by atoms with Crippen molar-refractivity contribution < 1.29 is 4.79 Å². The smallest absolute Gasteiger partial charge is 0.239 e. The van der Waals surface area contributed by atoms with Crippen LogP contribution in [0, 0.1) is 5.92 Å². The monoisotopic (exact) mass is 361 g/mol. The average Bonchev–Trinajstić information content (AvgIpc) is 3.23. The van der Waals surface area contributed by atoms with Crippen molar-refractivity contribution in [3.05, 3.63) is 66.4 Å². The summed E-state index contributed by atoms with van der Waals surface area (Å²) in [7, 11) is 0. The zero-order valence-electron chi connectivity index (χ0n) is 13.6. The van der Waals surface area contributed by atoms with Gasteiger partial charge < -0.3 is 10.3 Å². The summed E-state index contributed by atoms with van der Waals surface area (Å²) in [6, 6.07) is 17.7. The third-order valence-corrected chi connectivity index (χ3v) is 5.03. The molecule has 1 saturated heterocycles. The van der Waals surface area contributed by atoms with Gasteiger partial charge in [-0.1, -0.05) is 36.4 Å². The molecule has 0 aliphatic carbocycles. The summed E-state index contributed by atoms with van der Waals surface area (Å²) in [5, 5.41) is 5.96. The summed E-state index contributed by atoms with van der Waals surface area (Å²) in [5.41, 5.74) is 6.32. The molecular weight excluding hydrogens is 346 g/mol. The van der Waals surface area contributed by atoms with Gasteiger partial charge >= 0.3 is 0 Å². The number of H-pyrrole nitrogens is 1. The summed E-state index contributed by atoms with van der Waals surface area (Å²) in [5.74, 6) is -0.0137. The lowest BCUT2D eigenvalue weighted by molar-refractivity contribution is -0.122. The van der Waals surface area contributed by atoms with Crippen molar-refractivity contribution in [3.8, 4) is 0 Å². The van der Waals surface area contributed by atoms with E-state index in [1.165, 1.54) is 0 Å². The van der Waals surface area contributed by atoms with E-state index in [4.69, 9.17) is 12.2 Å². The first-order valence-electron chi connectivity index (χ1n) is 8.33. The molecule has 128 valence electrons. The molecule has 1 amide bonds. The number of benzene rings is 2. The average molecular weight is 361 g/mol. The van der Waals surface area contributed by atoms with E-state index in [1.807, 2.05) is 59.7 Å². The summed E-state index contributed by atoms with van der Waals surface area (Å²) < 4.78 is 0. The summed E-state index contributed by atoms with van der Waals surface area (Å²) in [4.78, 5) is 20.4. The second-order valence-electron chi connectivity index (χ2n) is 6.32. The Kier molecular flexibility index (Phi) is 3.29. The molecule has 0 radical (unpaired) electrons. The number of aromatic amines is 1. The van der Waals surface area contributed by atoms with Crippen molar-refractivity contribution >= 4 is 45.7 Å². The molecule has 26 heavy (non-hydrogen) atoms. The number of rotatable bonds is 2. The van der Waals surface area contributed by atoms with Gasteiger partial charge in [0.2, 0.25) is 11.0 Å². The first kappa shape index (κ1) is 15.1. The normalized spacial score (nSPS) is 22.0. The van der Waals surface area contributed by atoms with E-state index in [1.54, 1.807) is 0 Å². The van der Waals surface area contributed by atoms with Gasteiger partial charge in [0, 0.05) is 22.7 Å². The van der Waals surface area contributed by atoms with Crippen LogP contribution in [0.5, 0.6) is 0 Å². The number of hydrazine groups is 1. The Morgan fingerprint density at radius 3 is 2.65 bits per heavy atom. The van der Waals surface area contributed by atoms with E-state index in [9.17, 15) is 4.79 Å². The maximum atomic E-state index is 12.7. The van der Waals surface area contributed by atoms with E-state index in [0.29, 0.717) is 5.84 Å². The molecular formula is C19H15N5OS. The maximum absolute atomic E-state index is 12.7. The lowest BCUT2D eigenvalue weighted by Crippen LogP contribution is -2.44. The number of para-hydroxylation sites is 2. The Morgan fingerprint density at radius 1 is 1.04 bits per heavy atom. The fourth-order valence-electron chi connectivity index (χ4n) is 3.71. The van der Waals surface area contributed by atoms with Crippen LogP contribution in [0.4, 0.5) is 5.69 Å². The Bertz CT molecular complexity index is 1060. The fraction of sp³-hybridized carbons (Fsp3) is 0.105. The van der Waals surface area contributed by atoms with Crippen molar-refractivity contribution in [2.75, 3.05) is 5.01 Å². The minimum atomic E-state index is -0.457. The SMILES string of the molecule is O=C1NC(=S)N=C2NN(c3ccccc3)C(c3c[nH]c4ccccc34)C12. The number of hydrogen-bond acceptors (Lipinski definition) is 4. The van der Waals surface area contributed by atoms with Crippen LogP contribution in [0.3, 0.4) is 0 Å². The van der Waals surface area contributed by atoms with E-state index in [2.05, 4.69) is 26.8 Å². The Labute approximate surface area is 154 Å². The topological polar surface area (TPSA) is 72.5 Å². The van der Waals surface area contributed by atoms with Gasteiger partial charge in [0.05, 0.1) is 11.7 Å². The number of hydrogen-bond donors (Lipinski definition) is 3. The van der Waals surface area contributed by atoms with Crippen molar-refractivity contribution in [2.24, 2.45) is 10.9 Å². The molecule has 2 aliphatic heterocycles. The minimum absolute atomic E-state index is 0.138. The molecule has 2 atom stereocenters. The first-order valence-corrected chi connectivity index (χ1v) is 8.73. The second kappa shape index (κ2) is 5.67. The van der Waals surface area contributed by atoms with Gasteiger partial charge in [-0.2, -0.15) is 0 Å². The quantitative estimate of drug-likeness (QED) is 0.614. The van der Waals surface area contributed by atoms with Crippen LogP contribution >= 0.6 is 12.2 Å². The lowest BCUT2D eigenvalue weighted by Gasteiger charge is -2.27. The number of aliphatic imine (C=N–C) groups is 1. The highest BCUT2D eigenvalue weighted by Gasteiger charge is 2.47. The Hall–Kier alpha value is -3.19. The summed E-state index contributed by atoms with van der Waals surface area (Å²) in [6.45, 7) is 0. The second-order valence-corrected chi connectivity index (χ2v) is 6.71. The fourth-order valence-corrected chi connectivity index (χ4v) is 3.91. The summed E-state index contributed by atoms with van der Waals surface area (Å²) >= 11 is 5.09. The van der Waals surface area contributed by atoms with Gasteiger partial charge in [0.1, 0.15) is 11.8 Å². The molecule has 0 saturated carbocycles. The number of nitrogens with one attached hydrogen (secondary N) is 3. The largest absolute Gasteiger partial charge is 0.361 e. The van der Waals surface area contributed by atoms with Crippen molar-refractivity contribution in [1.29, 1.82) is 0 Å². The molecule has 3 heterocycles. The zero-order chi connectivity index (χ0) is 17.7. The number of thiocarbonyl (C=S) groups is 1. The molecule has 2 unspecified atom stereocenters. The number of carbonyl (C=O) groups is 1. The van der Waals surface area contributed by atoms with E-state index >= 15 is 0 Å². The minimum Gasteiger partial charge on any atom is -0.361 e. The van der Waals surface area contributed by atoms with Gasteiger partial charge in [-0.3, -0.25) is 15.2 Å². The first-order chi connectivity index (χ1) is 12.7. The van der Waals surface area contributed by atoms with Crippen LogP contribution in [-0.4, -0.2) is 21.8 Å². The molecule has 1 fully saturated rings. The zero-order valence-corrected chi connectivity index (χ0v) is 14.5. The van der Waals surface area contributed by atoms with Crippen LogP contribution < -0.4 is 15.8 Å². The van der Waals surface area contributed by atoms with Crippen LogP contribution in [-0.2, 0) is 4.79 Å². The molecule has 0 spiro atoms. The molecule has 5 rings (SSSR count). The predicted octanol–water partition coefficient (Wildman–Crippen LogP) is 2.66. The van der Waals surface area contributed by atoms with Crippen LogP contribution in [0.25, 0.3) is 10.9 Å². The highest BCUT2D eigenvalue weighted by Crippen LogP contribution is 2.40. The molecule has 2 aliphatic rings. The molecule has 6 nitrogen and oxygen atoms in total. The standard InChI is InChI=1S/C19H15N5OS/c25-18-15-16(13-10-20-14-9-5-4-8-12(13)14)24(11-6-2-1-3-7-11)23-17(15)21-19(26)22-18/h1-10,15-16,20H,(H2,21,22,23,25,26). The number of amides is 1. The molecule has 0 bridgehead atoms. The van der Waals surface area contributed by atoms with Gasteiger partial charge in [0.25, 0.3) is 0 Å². The Balaban J connectivity index is 1.71. The third-order valence-electron chi connectivity index (χ3n) is 4.83. The maximum Gasteiger partial charge on any atom is 0.239 e. The number of aromatic nitrogens is 1. The van der Waals surface area contributed by atoms with Gasteiger partial charge in [0.15, 0.2) is 0 Å². The molecule has 1 aromatic heterocycles. The van der Waals surface area contributed by atoms with E-state index < -0.39 is 5.92 Å². The number of amidine groups is 1. The summed E-state index contributed by atoms with van der Waals surface area (Å²) in [6.07, 6.45) is 1.97. The van der Waals surface area contributed by atoms with Crippen molar-refractivity contribution in [1.82, 2.24) is 15.7 Å². The molecule has 3 N–H and O–H groups in total. The number of carbonyl (C=O) groups excluding carboxylic acids is 1. The van der Waals surface area contributed by atoms with E-state index in [-0.39, 0.29) is 17.1 Å². The molecule has 7 heteroatoms. The van der Waals surface area contributed by atoms with Gasteiger partial charge in [-0.15, -0.1) is 0 Å². The van der Waals surface area contributed by atoms with Crippen LogP contribution in [0.1, 0.15) is 11.6 Å². The van der Waals surface area contributed by atoms with Gasteiger partial charge in [-0.05, 0) is 30.4 Å². The number of nitrogens with zero attached hydrogens (tertiary/aromatic N) is 2. The van der Waals surface area contributed by atoms with E-state index in [0.717, 1.165) is 22.2 Å². The van der Waals surface area contributed by atoms with Gasteiger partial charge in [-0.25, -0.2) is 4.99 Å². The van der Waals surface area contributed by atoms with Crippen LogP contribution in [0.2, 0.25) is 0 Å². The van der Waals surface area contributed by atoms with Crippen molar-refractivity contribution in [3.63, 3.8) is 0 Å². The Morgan fingerprint density at radius 2 is 1.81 bits per heavy atom. The predicted molar refractivity (Wildman–Crippen MR) is 105 cm³/mol. The number of anilines is 1. The lowest BCUT2D eigenvalue weighted by atomic mass is 9.91. The number of fused-ring (bicyclic) bond motifs is 2. The van der Waals surface area contributed by atoms with Crippen molar-refractivity contribution in [2.45, 2.75) is 6.04 Å². The third kappa shape index (κ3) is 2.21. The highest BCUT2D eigenvalue weighted by atomic mass is 32.1. The molecule has 2 aromatic carbocycles. The van der Waals surface area contributed by atoms with Crippen LogP contribution in [0.15, 0.2) is 65.8 Å². The highest BCUT2D eigenvalue weighted by molar-refractivity contribution is 7.80.